The number of rotatable bonds is 5. The van der Waals surface area contributed by atoms with E-state index in [0.29, 0.717) is 17.6 Å². The summed E-state index contributed by atoms with van der Waals surface area (Å²) in [6, 6.07) is 10.2. The van der Waals surface area contributed by atoms with Crippen molar-refractivity contribution in [2.24, 2.45) is 0 Å². The number of carbonyl (C=O) groups excluding carboxylic acids is 1. The van der Waals surface area contributed by atoms with Crippen molar-refractivity contribution in [1.29, 1.82) is 0 Å². The molecule has 1 fully saturated rings. The number of amides is 2. The normalized spacial score (nSPS) is 13.7. The van der Waals surface area contributed by atoms with E-state index in [1.807, 2.05) is 12.1 Å². The molecule has 0 saturated heterocycles. The van der Waals surface area contributed by atoms with Crippen LogP contribution in [0.5, 0.6) is 0 Å². The monoisotopic (exact) mass is 324 g/mol. The standard InChI is InChI=1S/C19H24N4O/c1-12(2)16-6-4-5-13(3)18(16)23-17-10-9-15(11-20-17)22-19(24)21-14-7-8-14/h4-6,9-12,14H,7-8H2,1-3H3,(H,20,23)(H2,21,22,24). The Hall–Kier alpha value is -2.56. The minimum atomic E-state index is -0.166. The molecule has 1 heterocycles. The molecule has 5 heteroatoms. The number of hydrogen-bond donors (Lipinski definition) is 3. The van der Waals surface area contributed by atoms with E-state index >= 15 is 0 Å². The molecule has 0 bridgehead atoms. The number of aromatic nitrogens is 1. The van der Waals surface area contributed by atoms with E-state index in [0.717, 1.165) is 24.3 Å². The summed E-state index contributed by atoms with van der Waals surface area (Å²) < 4.78 is 0. The lowest BCUT2D eigenvalue weighted by atomic mass is 9.98. The minimum absolute atomic E-state index is 0.166. The number of para-hydroxylation sites is 1. The lowest BCUT2D eigenvalue weighted by Crippen LogP contribution is -2.30. The van der Waals surface area contributed by atoms with Crippen LogP contribution in [0, 0.1) is 6.92 Å². The fraction of sp³-hybridized carbons (Fsp3) is 0.368. The molecule has 1 aromatic carbocycles. The highest BCUT2D eigenvalue weighted by Crippen LogP contribution is 2.29. The number of benzene rings is 1. The first kappa shape index (κ1) is 16.3. The molecule has 1 saturated carbocycles. The molecule has 0 radical (unpaired) electrons. The summed E-state index contributed by atoms with van der Waals surface area (Å²) in [6.07, 6.45) is 3.81. The van der Waals surface area contributed by atoms with Crippen LogP contribution in [-0.4, -0.2) is 17.1 Å². The van der Waals surface area contributed by atoms with Gasteiger partial charge in [0, 0.05) is 11.7 Å². The van der Waals surface area contributed by atoms with Gasteiger partial charge >= 0.3 is 6.03 Å². The van der Waals surface area contributed by atoms with Crippen molar-refractivity contribution in [3.63, 3.8) is 0 Å². The van der Waals surface area contributed by atoms with Crippen molar-refractivity contribution in [1.82, 2.24) is 10.3 Å². The molecular weight excluding hydrogens is 300 g/mol. The Morgan fingerprint density at radius 2 is 2.00 bits per heavy atom. The van der Waals surface area contributed by atoms with Crippen LogP contribution in [-0.2, 0) is 0 Å². The molecule has 0 unspecified atom stereocenters. The number of urea groups is 1. The van der Waals surface area contributed by atoms with Crippen molar-refractivity contribution < 1.29 is 4.79 Å². The van der Waals surface area contributed by atoms with Crippen LogP contribution in [0.25, 0.3) is 0 Å². The van der Waals surface area contributed by atoms with Gasteiger partial charge < -0.3 is 16.0 Å². The molecule has 2 amide bonds. The van der Waals surface area contributed by atoms with E-state index in [-0.39, 0.29) is 6.03 Å². The van der Waals surface area contributed by atoms with Crippen LogP contribution < -0.4 is 16.0 Å². The summed E-state index contributed by atoms with van der Waals surface area (Å²) >= 11 is 0. The maximum absolute atomic E-state index is 11.7. The smallest absolute Gasteiger partial charge is 0.319 e. The number of nitrogens with one attached hydrogen (secondary N) is 3. The third-order valence-electron chi connectivity index (χ3n) is 4.11. The molecule has 24 heavy (non-hydrogen) atoms. The van der Waals surface area contributed by atoms with Gasteiger partial charge in [-0.05, 0) is 48.9 Å². The van der Waals surface area contributed by atoms with Crippen molar-refractivity contribution in [3.05, 3.63) is 47.7 Å². The molecule has 126 valence electrons. The summed E-state index contributed by atoms with van der Waals surface area (Å²) in [5.41, 5.74) is 4.25. The zero-order chi connectivity index (χ0) is 17.1. The first-order chi connectivity index (χ1) is 11.5. The molecule has 3 N–H and O–H groups in total. The molecule has 0 aliphatic heterocycles. The molecular formula is C19H24N4O. The van der Waals surface area contributed by atoms with Gasteiger partial charge in [0.1, 0.15) is 5.82 Å². The molecule has 1 aliphatic carbocycles. The largest absolute Gasteiger partial charge is 0.340 e. The Balaban J connectivity index is 1.69. The van der Waals surface area contributed by atoms with Crippen LogP contribution in [0.1, 0.15) is 43.7 Å². The van der Waals surface area contributed by atoms with Gasteiger partial charge in [-0.2, -0.15) is 0 Å². The molecule has 2 aromatic rings. The maximum Gasteiger partial charge on any atom is 0.319 e. The Labute approximate surface area is 142 Å². The SMILES string of the molecule is Cc1cccc(C(C)C)c1Nc1ccc(NC(=O)NC2CC2)cn1. The lowest BCUT2D eigenvalue weighted by molar-refractivity contribution is 0.251. The quantitative estimate of drug-likeness (QED) is 0.756. The fourth-order valence-corrected chi connectivity index (χ4v) is 2.59. The van der Waals surface area contributed by atoms with Crippen molar-refractivity contribution in [3.8, 4) is 0 Å². The first-order valence-electron chi connectivity index (χ1n) is 8.43. The van der Waals surface area contributed by atoms with Crippen LogP contribution >= 0.6 is 0 Å². The average Bonchev–Trinajstić information content (AvgIpc) is 3.34. The van der Waals surface area contributed by atoms with Crippen molar-refractivity contribution in [2.45, 2.75) is 45.6 Å². The number of hydrogen-bond acceptors (Lipinski definition) is 3. The van der Waals surface area contributed by atoms with E-state index < -0.39 is 0 Å². The summed E-state index contributed by atoms with van der Waals surface area (Å²) in [5, 5.41) is 9.10. The van der Waals surface area contributed by atoms with Gasteiger partial charge in [0.05, 0.1) is 11.9 Å². The number of pyridine rings is 1. The summed E-state index contributed by atoms with van der Waals surface area (Å²) in [6.45, 7) is 6.45. The fourth-order valence-electron chi connectivity index (χ4n) is 2.59. The van der Waals surface area contributed by atoms with Gasteiger partial charge in [0.15, 0.2) is 0 Å². The van der Waals surface area contributed by atoms with Gasteiger partial charge in [-0.3, -0.25) is 0 Å². The molecule has 1 aliphatic rings. The zero-order valence-corrected chi connectivity index (χ0v) is 14.4. The zero-order valence-electron chi connectivity index (χ0n) is 14.4. The number of nitrogens with zero attached hydrogens (tertiary/aromatic N) is 1. The second-order valence-corrected chi connectivity index (χ2v) is 6.62. The number of anilines is 3. The Morgan fingerprint density at radius 1 is 1.21 bits per heavy atom. The number of aryl methyl sites for hydroxylation is 1. The van der Waals surface area contributed by atoms with Crippen LogP contribution in [0.2, 0.25) is 0 Å². The predicted octanol–water partition coefficient (Wildman–Crippen LogP) is 4.54. The first-order valence-corrected chi connectivity index (χ1v) is 8.43. The lowest BCUT2D eigenvalue weighted by Gasteiger charge is -2.17. The Bertz CT molecular complexity index is 721. The predicted molar refractivity (Wildman–Crippen MR) is 98.0 cm³/mol. The third kappa shape index (κ3) is 4.04. The highest BCUT2D eigenvalue weighted by atomic mass is 16.2. The summed E-state index contributed by atoms with van der Waals surface area (Å²) in [7, 11) is 0. The molecule has 0 spiro atoms. The molecule has 1 aromatic heterocycles. The van der Waals surface area contributed by atoms with Crippen molar-refractivity contribution >= 4 is 23.2 Å². The molecule has 5 nitrogen and oxygen atoms in total. The van der Waals surface area contributed by atoms with E-state index in [4.69, 9.17) is 0 Å². The van der Waals surface area contributed by atoms with Crippen LogP contribution in [0.3, 0.4) is 0 Å². The maximum atomic E-state index is 11.7. The Kier molecular flexibility index (Phi) is 4.69. The van der Waals surface area contributed by atoms with E-state index in [1.54, 1.807) is 6.20 Å². The van der Waals surface area contributed by atoms with E-state index in [2.05, 4.69) is 59.9 Å². The van der Waals surface area contributed by atoms with E-state index in [1.165, 1.54) is 11.1 Å². The van der Waals surface area contributed by atoms with Crippen molar-refractivity contribution in [2.75, 3.05) is 10.6 Å². The highest BCUT2D eigenvalue weighted by molar-refractivity contribution is 5.89. The minimum Gasteiger partial charge on any atom is -0.340 e. The molecule has 0 atom stereocenters. The number of carbonyl (C=O) groups is 1. The summed E-state index contributed by atoms with van der Waals surface area (Å²) in [5.74, 6) is 1.19. The van der Waals surface area contributed by atoms with Crippen LogP contribution in [0.15, 0.2) is 36.5 Å². The molecule has 3 rings (SSSR count). The van der Waals surface area contributed by atoms with Gasteiger partial charge in [-0.15, -0.1) is 0 Å². The third-order valence-corrected chi connectivity index (χ3v) is 4.11. The van der Waals surface area contributed by atoms with Crippen LogP contribution in [0.4, 0.5) is 22.0 Å². The van der Waals surface area contributed by atoms with Gasteiger partial charge in [-0.1, -0.05) is 32.0 Å². The Morgan fingerprint density at radius 3 is 2.62 bits per heavy atom. The second-order valence-electron chi connectivity index (χ2n) is 6.62. The van der Waals surface area contributed by atoms with E-state index in [9.17, 15) is 4.79 Å². The highest BCUT2D eigenvalue weighted by Gasteiger charge is 2.23. The van der Waals surface area contributed by atoms with Gasteiger partial charge in [0.25, 0.3) is 0 Å². The van der Waals surface area contributed by atoms with Gasteiger partial charge in [-0.25, -0.2) is 9.78 Å². The van der Waals surface area contributed by atoms with Gasteiger partial charge in [0.2, 0.25) is 0 Å². The second kappa shape index (κ2) is 6.91. The average molecular weight is 324 g/mol. The topological polar surface area (TPSA) is 66.0 Å². The summed E-state index contributed by atoms with van der Waals surface area (Å²) in [4.78, 5) is 16.1.